The van der Waals surface area contributed by atoms with Crippen molar-refractivity contribution in [3.8, 4) is 0 Å². The van der Waals surface area contributed by atoms with Crippen molar-refractivity contribution < 1.29 is 22.0 Å². The highest BCUT2D eigenvalue weighted by Crippen LogP contribution is 2.20. The number of rotatable bonds is 6. The largest absolute Gasteiger partial charge is 0.341 e. The van der Waals surface area contributed by atoms with Crippen LogP contribution in [0.2, 0.25) is 0 Å². The minimum Gasteiger partial charge on any atom is -0.330 e. The van der Waals surface area contributed by atoms with Gasteiger partial charge in [0.2, 0.25) is 15.7 Å². The van der Waals surface area contributed by atoms with Gasteiger partial charge in [0.15, 0.2) is 0 Å². The number of alkyl halides is 2. The SMILES string of the molecule is CC(CCN)C(=O)Nc1ccc(S(=O)(=O)C(F)F)cc1. The number of benzene rings is 1. The third-order valence-corrected chi connectivity index (χ3v) is 4.13. The first-order chi connectivity index (χ1) is 9.28. The summed E-state index contributed by atoms with van der Waals surface area (Å²) in [4.78, 5) is 11.2. The lowest BCUT2D eigenvalue weighted by Crippen LogP contribution is -2.22. The number of carbonyl (C=O) groups is 1. The van der Waals surface area contributed by atoms with Gasteiger partial charge in [-0.3, -0.25) is 4.79 Å². The van der Waals surface area contributed by atoms with Gasteiger partial charge < -0.3 is 11.1 Å². The summed E-state index contributed by atoms with van der Waals surface area (Å²) in [5.41, 5.74) is 5.68. The molecule has 0 heterocycles. The number of anilines is 1. The molecule has 0 bridgehead atoms. The van der Waals surface area contributed by atoms with Gasteiger partial charge in [-0.05, 0) is 37.2 Å². The fourth-order valence-electron chi connectivity index (χ4n) is 1.48. The number of hydrogen-bond donors (Lipinski definition) is 2. The van der Waals surface area contributed by atoms with Crippen LogP contribution in [0.4, 0.5) is 14.5 Å². The maximum absolute atomic E-state index is 12.3. The van der Waals surface area contributed by atoms with E-state index in [0.717, 1.165) is 12.1 Å². The number of carbonyl (C=O) groups excluding carboxylic acids is 1. The fraction of sp³-hybridized carbons (Fsp3) is 0.417. The van der Waals surface area contributed by atoms with Gasteiger partial charge in [0, 0.05) is 11.6 Å². The maximum Gasteiger partial charge on any atom is 0.341 e. The molecule has 0 aliphatic rings. The van der Waals surface area contributed by atoms with Gasteiger partial charge in [0.25, 0.3) is 0 Å². The Morgan fingerprint density at radius 3 is 2.30 bits per heavy atom. The van der Waals surface area contributed by atoms with Crippen LogP contribution < -0.4 is 11.1 Å². The molecule has 1 atom stereocenters. The van der Waals surface area contributed by atoms with Crippen LogP contribution in [0.5, 0.6) is 0 Å². The van der Waals surface area contributed by atoms with E-state index in [4.69, 9.17) is 5.73 Å². The average molecular weight is 306 g/mol. The van der Waals surface area contributed by atoms with Crippen LogP contribution in [0.3, 0.4) is 0 Å². The summed E-state index contributed by atoms with van der Waals surface area (Å²) in [7, 11) is -4.61. The van der Waals surface area contributed by atoms with Gasteiger partial charge in [0.05, 0.1) is 4.90 Å². The van der Waals surface area contributed by atoms with Gasteiger partial charge in [-0.2, -0.15) is 8.78 Å². The molecule has 0 aromatic heterocycles. The molecule has 0 saturated carbocycles. The molecule has 112 valence electrons. The summed E-state index contributed by atoms with van der Waals surface area (Å²) >= 11 is 0. The van der Waals surface area contributed by atoms with Crippen molar-refractivity contribution in [2.75, 3.05) is 11.9 Å². The standard InChI is InChI=1S/C12H16F2N2O3S/c1-8(6-7-15)11(17)16-9-2-4-10(5-3-9)20(18,19)12(13)14/h2-5,8,12H,6-7,15H2,1H3,(H,16,17). The van der Waals surface area contributed by atoms with E-state index in [9.17, 15) is 22.0 Å². The van der Waals surface area contributed by atoms with Gasteiger partial charge in [-0.1, -0.05) is 6.92 Å². The lowest BCUT2D eigenvalue weighted by molar-refractivity contribution is -0.119. The predicted molar refractivity (Wildman–Crippen MR) is 71.1 cm³/mol. The Morgan fingerprint density at radius 2 is 1.85 bits per heavy atom. The Kier molecular flexibility index (Phi) is 5.58. The third kappa shape index (κ3) is 3.97. The van der Waals surface area contributed by atoms with Crippen molar-refractivity contribution in [1.82, 2.24) is 0 Å². The number of hydrogen-bond acceptors (Lipinski definition) is 4. The van der Waals surface area contributed by atoms with Crippen LogP contribution in [-0.4, -0.2) is 26.6 Å². The van der Waals surface area contributed by atoms with E-state index < -0.39 is 20.5 Å². The molecule has 1 unspecified atom stereocenters. The Labute approximate surface area is 116 Å². The first-order valence-electron chi connectivity index (χ1n) is 5.92. The van der Waals surface area contributed by atoms with Crippen molar-refractivity contribution in [2.24, 2.45) is 11.7 Å². The zero-order valence-corrected chi connectivity index (χ0v) is 11.7. The fourth-order valence-corrected chi connectivity index (χ4v) is 2.20. The van der Waals surface area contributed by atoms with Gasteiger partial charge in [-0.15, -0.1) is 0 Å². The molecule has 1 aromatic rings. The minimum atomic E-state index is -4.61. The summed E-state index contributed by atoms with van der Waals surface area (Å²) in [6.45, 7) is 2.08. The minimum absolute atomic E-state index is 0.264. The molecule has 0 fully saturated rings. The zero-order valence-electron chi connectivity index (χ0n) is 10.8. The van der Waals surface area contributed by atoms with Crippen LogP contribution in [0.25, 0.3) is 0 Å². The molecule has 5 nitrogen and oxygen atoms in total. The number of halogens is 2. The van der Waals surface area contributed by atoms with Crippen molar-refractivity contribution in [1.29, 1.82) is 0 Å². The highest BCUT2D eigenvalue weighted by atomic mass is 32.2. The summed E-state index contributed by atoms with van der Waals surface area (Å²) in [5.74, 6) is -4.02. The Bertz CT molecular complexity index is 559. The Balaban J connectivity index is 2.80. The van der Waals surface area contributed by atoms with E-state index in [1.165, 1.54) is 12.1 Å². The molecule has 8 heteroatoms. The predicted octanol–water partition coefficient (Wildman–Crippen LogP) is 1.61. The lowest BCUT2D eigenvalue weighted by atomic mass is 10.1. The van der Waals surface area contributed by atoms with Gasteiger partial charge in [-0.25, -0.2) is 8.42 Å². The van der Waals surface area contributed by atoms with Crippen molar-refractivity contribution in [3.05, 3.63) is 24.3 Å². The van der Waals surface area contributed by atoms with Crippen LogP contribution in [0, 0.1) is 5.92 Å². The molecule has 0 aliphatic heterocycles. The monoisotopic (exact) mass is 306 g/mol. The van der Waals surface area contributed by atoms with Crippen molar-refractivity contribution in [2.45, 2.75) is 24.0 Å². The second-order valence-corrected chi connectivity index (χ2v) is 6.22. The average Bonchev–Trinajstić information content (AvgIpc) is 2.39. The van der Waals surface area contributed by atoms with Crippen molar-refractivity contribution >= 4 is 21.4 Å². The first kappa shape index (κ1) is 16.5. The quantitative estimate of drug-likeness (QED) is 0.835. The smallest absolute Gasteiger partial charge is 0.330 e. The summed E-state index contributed by atoms with van der Waals surface area (Å²) in [6.07, 6.45) is 0.518. The second kappa shape index (κ2) is 6.76. The molecule has 0 radical (unpaired) electrons. The number of sulfone groups is 1. The molecule has 1 amide bonds. The van der Waals surface area contributed by atoms with Crippen LogP contribution >= 0.6 is 0 Å². The summed E-state index contributed by atoms with van der Waals surface area (Å²) in [5, 5.41) is 2.56. The van der Waals surface area contributed by atoms with E-state index in [2.05, 4.69) is 5.32 Å². The normalized spacial score (nSPS) is 13.2. The van der Waals surface area contributed by atoms with Crippen molar-refractivity contribution in [3.63, 3.8) is 0 Å². The molecule has 0 saturated heterocycles. The molecule has 1 rings (SSSR count). The number of nitrogens with two attached hydrogens (primary N) is 1. The maximum atomic E-state index is 12.3. The summed E-state index contributed by atoms with van der Waals surface area (Å²) in [6, 6.07) is 4.60. The number of amides is 1. The van der Waals surface area contributed by atoms with E-state index >= 15 is 0 Å². The molecular weight excluding hydrogens is 290 g/mol. The van der Waals surface area contributed by atoms with Gasteiger partial charge in [0.1, 0.15) is 0 Å². The van der Waals surface area contributed by atoms with E-state index in [-0.39, 0.29) is 11.8 Å². The zero-order chi connectivity index (χ0) is 15.3. The molecule has 20 heavy (non-hydrogen) atoms. The summed E-state index contributed by atoms with van der Waals surface area (Å²) < 4.78 is 47.1. The van der Waals surface area contributed by atoms with E-state index in [1.807, 2.05) is 0 Å². The third-order valence-electron chi connectivity index (χ3n) is 2.73. The Hall–Kier alpha value is -1.54. The Morgan fingerprint density at radius 1 is 1.30 bits per heavy atom. The number of nitrogens with one attached hydrogen (secondary N) is 1. The highest BCUT2D eigenvalue weighted by Gasteiger charge is 2.26. The van der Waals surface area contributed by atoms with Crippen LogP contribution in [0.1, 0.15) is 13.3 Å². The van der Waals surface area contributed by atoms with Crippen LogP contribution in [-0.2, 0) is 14.6 Å². The highest BCUT2D eigenvalue weighted by molar-refractivity contribution is 7.91. The molecule has 0 spiro atoms. The first-order valence-corrected chi connectivity index (χ1v) is 7.46. The van der Waals surface area contributed by atoms with E-state index in [0.29, 0.717) is 18.7 Å². The van der Waals surface area contributed by atoms with Gasteiger partial charge >= 0.3 is 5.76 Å². The lowest BCUT2D eigenvalue weighted by Gasteiger charge is -2.11. The molecule has 0 aliphatic carbocycles. The topological polar surface area (TPSA) is 89.3 Å². The van der Waals surface area contributed by atoms with Crippen LogP contribution in [0.15, 0.2) is 29.2 Å². The second-order valence-electron chi connectivity index (χ2n) is 4.30. The molecular formula is C12H16F2N2O3S. The molecule has 1 aromatic carbocycles. The molecule has 3 N–H and O–H groups in total. The van der Waals surface area contributed by atoms with E-state index in [1.54, 1.807) is 6.92 Å².